The number of carbonyl (C=O) groups excluding carboxylic acids is 1. The van der Waals surface area contributed by atoms with E-state index >= 15 is 0 Å². The SMILES string of the molecule is C[C@H](NC(=O)c1ccc(N2CCNCC2)c(C(F)(F)F)c1)c1nc2cc(Cl)ccc2[nH]1. The molecule has 1 aromatic heterocycles. The second-order valence-corrected chi connectivity index (χ2v) is 7.88. The molecule has 1 aliphatic heterocycles. The normalized spacial score (nSPS) is 15.8. The fraction of sp³-hybridized carbons (Fsp3) is 0.333. The summed E-state index contributed by atoms with van der Waals surface area (Å²) in [6.45, 7) is 3.87. The Bertz CT molecular complexity index is 1110. The molecule has 1 amide bonds. The van der Waals surface area contributed by atoms with E-state index in [4.69, 9.17) is 11.6 Å². The van der Waals surface area contributed by atoms with Crippen molar-refractivity contribution in [1.29, 1.82) is 0 Å². The number of carbonyl (C=O) groups is 1. The van der Waals surface area contributed by atoms with Crippen LogP contribution in [0.3, 0.4) is 0 Å². The number of fused-ring (bicyclic) bond motifs is 1. The molecular weight excluding hydrogens is 431 g/mol. The minimum absolute atomic E-state index is 0.0581. The first-order valence-corrected chi connectivity index (χ1v) is 10.2. The number of rotatable bonds is 4. The average molecular weight is 452 g/mol. The molecule has 1 atom stereocenters. The van der Waals surface area contributed by atoms with Crippen molar-refractivity contribution < 1.29 is 18.0 Å². The second-order valence-electron chi connectivity index (χ2n) is 7.45. The molecule has 0 aliphatic carbocycles. The van der Waals surface area contributed by atoms with E-state index in [9.17, 15) is 18.0 Å². The zero-order valence-electron chi connectivity index (χ0n) is 16.7. The second kappa shape index (κ2) is 8.39. The van der Waals surface area contributed by atoms with Crippen LogP contribution < -0.4 is 15.5 Å². The maximum atomic E-state index is 13.7. The Morgan fingerprint density at radius 1 is 1.19 bits per heavy atom. The summed E-state index contributed by atoms with van der Waals surface area (Å²) in [6.07, 6.45) is -4.57. The van der Waals surface area contributed by atoms with Crippen LogP contribution in [0.4, 0.5) is 18.9 Å². The molecule has 3 N–H and O–H groups in total. The summed E-state index contributed by atoms with van der Waals surface area (Å²) in [5, 5.41) is 6.36. The molecule has 10 heteroatoms. The summed E-state index contributed by atoms with van der Waals surface area (Å²) in [7, 11) is 0. The largest absolute Gasteiger partial charge is 0.418 e. The molecule has 3 aromatic rings. The van der Waals surface area contributed by atoms with Gasteiger partial charge in [0, 0.05) is 42.5 Å². The lowest BCUT2D eigenvalue weighted by Gasteiger charge is -2.31. The molecule has 0 radical (unpaired) electrons. The van der Waals surface area contributed by atoms with Crippen molar-refractivity contribution in [2.75, 3.05) is 31.1 Å². The smallest absolute Gasteiger partial charge is 0.368 e. The van der Waals surface area contributed by atoms with Crippen LogP contribution in [0.5, 0.6) is 0 Å². The number of hydrogen-bond donors (Lipinski definition) is 3. The molecule has 1 saturated heterocycles. The number of nitrogens with one attached hydrogen (secondary N) is 3. The van der Waals surface area contributed by atoms with Gasteiger partial charge < -0.3 is 20.5 Å². The molecule has 0 bridgehead atoms. The molecule has 1 fully saturated rings. The fourth-order valence-corrected chi connectivity index (χ4v) is 3.80. The van der Waals surface area contributed by atoms with Crippen molar-refractivity contribution >= 4 is 34.2 Å². The van der Waals surface area contributed by atoms with Gasteiger partial charge in [-0.25, -0.2) is 4.98 Å². The van der Waals surface area contributed by atoms with E-state index in [0.29, 0.717) is 42.5 Å². The molecule has 164 valence electrons. The van der Waals surface area contributed by atoms with Crippen molar-refractivity contribution in [1.82, 2.24) is 20.6 Å². The maximum Gasteiger partial charge on any atom is 0.418 e. The van der Waals surface area contributed by atoms with Gasteiger partial charge in [0.2, 0.25) is 0 Å². The van der Waals surface area contributed by atoms with Gasteiger partial charge in [-0.2, -0.15) is 13.2 Å². The summed E-state index contributed by atoms with van der Waals surface area (Å²) in [5.41, 5.74) is 0.613. The summed E-state index contributed by atoms with van der Waals surface area (Å²) in [4.78, 5) is 21.9. The number of amides is 1. The van der Waals surface area contributed by atoms with Crippen LogP contribution >= 0.6 is 11.6 Å². The molecule has 4 rings (SSSR count). The van der Waals surface area contributed by atoms with Gasteiger partial charge in [-0.05, 0) is 43.3 Å². The number of anilines is 1. The lowest BCUT2D eigenvalue weighted by molar-refractivity contribution is -0.137. The van der Waals surface area contributed by atoms with Crippen molar-refractivity contribution in [2.45, 2.75) is 19.1 Å². The van der Waals surface area contributed by atoms with Gasteiger partial charge in [-0.15, -0.1) is 0 Å². The van der Waals surface area contributed by atoms with Crippen LogP contribution in [0.2, 0.25) is 5.02 Å². The number of benzene rings is 2. The highest BCUT2D eigenvalue weighted by Crippen LogP contribution is 2.37. The Labute approximate surface area is 181 Å². The number of H-pyrrole nitrogens is 1. The summed E-state index contributed by atoms with van der Waals surface area (Å²) in [6, 6.07) is 8.35. The van der Waals surface area contributed by atoms with Crippen LogP contribution in [-0.2, 0) is 6.18 Å². The number of aromatic amines is 1. The summed E-state index contributed by atoms with van der Waals surface area (Å²) < 4.78 is 41.2. The quantitative estimate of drug-likeness (QED) is 0.557. The van der Waals surface area contributed by atoms with Crippen LogP contribution in [0, 0.1) is 0 Å². The van der Waals surface area contributed by atoms with Gasteiger partial charge in [0.15, 0.2) is 0 Å². The Balaban J connectivity index is 1.57. The number of aromatic nitrogens is 2. The Morgan fingerprint density at radius 3 is 2.65 bits per heavy atom. The lowest BCUT2D eigenvalue weighted by atomic mass is 10.1. The zero-order chi connectivity index (χ0) is 22.2. The number of alkyl halides is 3. The van der Waals surface area contributed by atoms with E-state index in [1.165, 1.54) is 12.1 Å². The van der Waals surface area contributed by atoms with Gasteiger partial charge in [0.05, 0.1) is 22.6 Å². The van der Waals surface area contributed by atoms with Gasteiger partial charge in [-0.1, -0.05) is 11.6 Å². The average Bonchev–Trinajstić information content (AvgIpc) is 3.16. The number of halogens is 4. The number of piperazine rings is 1. The highest BCUT2D eigenvalue weighted by molar-refractivity contribution is 6.31. The number of imidazole rings is 1. The molecule has 0 saturated carbocycles. The van der Waals surface area contributed by atoms with Crippen LogP contribution in [0.15, 0.2) is 36.4 Å². The van der Waals surface area contributed by atoms with Crippen LogP contribution in [0.25, 0.3) is 11.0 Å². The van der Waals surface area contributed by atoms with Crippen LogP contribution in [0.1, 0.15) is 34.7 Å². The van der Waals surface area contributed by atoms with E-state index in [0.717, 1.165) is 11.6 Å². The topological polar surface area (TPSA) is 73.1 Å². The third-order valence-electron chi connectivity index (χ3n) is 5.24. The number of hydrogen-bond acceptors (Lipinski definition) is 4. The Kier molecular flexibility index (Phi) is 5.81. The van der Waals surface area contributed by atoms with Crippen LogP contribution in [-0.4, -0.2) is 42.1 Å². The first-order chi connectivity index (χ1) is 14.7. The minimum atomic E-state index is -4.57. The molecule has 1 aliphatic rings. The molecule has 31 heavy (non-hydrogen) atoms. The van der Waals surface area contributed by atoms with Gasteiger partial charge in [0.25, 0.3) is 5.91 Å². The van der Waals surface area contributed by atoms with Gasteiger partial charge >= 0.3 is 6.18 Å². The minimum Gasteiger partial charge on any atom is -0.368 e. The van der Waals surface area contributed by atoms with E-state index in [1.54, 1.807) is 30.0 Å². The van der Waals surface area contributed by atoms with Gasteiger partial charge in [-0.3, -0.25) is 4.79 Å². The molecule has 6 nitrogen and oxygen atoms in total. The standard InChI is InChI=1S/C21H21ClF3N5O/c1-12(19-28-16-4-3-14(22)11-17(16)29-19)27-20(31)13-2-5-18(15(10-13)21(23,24)25)30-8-6-26-7-9-30/h2-5,10-12,26H,6-9H2,1H3,(H,27,31)(H,28,29)/t12-/m0/s1. The maximum absolute atomic E-state index is 13.7. The number of nitrogens with zero attached hydrogens (tertiary/aromatic N) is 2. The van der Waals surface area contributed by atoms with Crippen molar-refractivity contribution in [3.8, 4) is 0 Å². The van der Waals surface area contributed by atoms with E-state index in [-0.39, 0.29) is 11.3 Å². The van der Waals surface area contributed by atoms with Crippen molar-refractivity contribution in [3.05, 3.63) is 58.4 Å². The third-order valence-corrected chi connectivity index (χ3v) is 5.48. The van der Waals surface area contributed by atoms with Gasteiger partial charge in [0.1, 0.15) is 5.82 Å². The van der Waals surface area contributed by atoms with E-state index in [2.05, 4.69) is 20.6 Å². The zero-order valence-corrected chi connectivity index (χ0v) is 17.4. The first kappa shape index (κ1) is 21.5. The third kappa shape index (κ3) is 4.62. The van der Waals surface area contributed by atoms with Crippen molar-refractivity contribution in [3.63, 3.8) is 0 Å². The predicted octanol–water partition coefficient (Wildman–Crippen LogP) is 4.14. The fourth-order valence-electron chi connectivity index (χ4n) is 3.64. The lowest BCUT2D eigenvalue weighted by Crippen LogP contribution is -2.44. The molecule has 2 heterocycles. The van der Waals surface area contributed by atoms with E-state index < -0.39 is 23.7 Å². The molecular formula is C21H21ClF3N5O. The molecule has 2 aromatic carbocycles. The molecule has 0 spiro atoms. The monoisotopic (exact) mass is 451 g/mol. The summed E-state index contributed by atoms with van der Waals surface area (Å²) >= 11 is 5.97. The Hall–Kier alpha value is -2.78. The summed E-state index contributed by atoms with van der Waals surface area (Å²) in [5.74, 6) is -0.123. The predicted molar refractivity (Wildman–Crippen MR) is 114 cm³/mol. The van der Waals surface area contributed by atoms with E-state index in [1.807, 2.05) is 0 Å². The molecule has 0 unspecified atom stereocenters. The Morgan fingerprint density at radius 2 is 1.94 bits per heavy atom. The highest BCUT2D eigenvalue weighted by Gasteiger charge is 2.36. The first-order valence-electron chi connectivity index (χ1n) is 9.85. The highest BCUT2D eigenvalue weighted by atomic mass is 35.5. The van der Waals surface area contributed by atoms with Crippen molar-refractivity contribution in [2.24, 2.45) is 0 Å².